The molecule has 0 saturated carbocycles. The van der Waals surface area contributed by atoms with Crippen LogP contribution in [0.15, 0.2) is 28.9 Å². The Morgan fingerprint density at radius 1 is 1.19 bits per heavy atom. The first kappa shape index (κ1) is 19.6. The van der Waals surface area contributed by atoms with Gasteiger partial charge in [-0.1, -0.05) is 26.0 Å². The Morgan fingerprint density at radius 2 is 1.89 bits per heavy atom. The van der Waals surface area contributed by atoms with Crippen LogP contribution in [0.25, 0.3) is 0 Å². The number of benzene rings is 1. The summed E-state index contributed by atoms with van der Waals surface area (Å²) in [5.74, 6) is 1.06. The Kier molecular flexibility index (Phi) is 6.29. The number of piperazine rings is 1. The molecule has 1 aliphatic heterocycles. The number of oxazole rings is 1. The predicted molar refractivity (Wildman–Crippen MR) is 107 cm³/mol. The summed E-state index contributed by atoms with van der Waals surface area (Å²) < 4.78 is 5.54. The number of hydrogen-bond acceptors (Lipinski definition) is 5. The van der Waals surface area contributed by atoms with Crippen molar-refractivity contribution in [2.75, 3.05) is 38.0 Å². The van der Waals surface area contributed by atoms with Gasteiger partial charge in [-0.2, -0.15) is 0 Å². The minimum atomic E-state index is -0.236. The second-order valence-electron chi connectivity index (χ2n) is 7.87. The van der Waals surface area contributed by atoms with Gasteiger partial charge in [0.25, 0.3) is 5.91 Å². The van der Waals surface area contributed by atoms with E-state index in [2.05, 4.69) is 33.9 Å². The zero-order valence-corrected chi connectivity index (χ0v) is 16.8. The number of anilines is 1. The number of carbonyl (C=O) groups excluding carboxylic acids is 1. The summed E-state index contributed by atoms with van der Waals surface area (Å²) in [4.78, 5) is 21.7. The number of aryl methyl sites for hydroxylation is 2. The maximum absolute atomic E-state index is 12.5. The number of nitrogens with zero attached hydrogens (tertiary/aromatic N) is 3. The van der Waals surface area contributed by atoms with Gasteiger partial charge < -0.3 is 14.6 Å². The largest absolute Gasteiger partial charge is 0.447 e. The Labute approximate surface area is 161 Å². The van der Waals surface area contributed by atoms with Crippen LogP contribution in [0.3, 0.4) is 0 Å². The fraction of sp³-hybridized carbons (Fsp3) is 0.524. The van der Waals surface area contributed by atoms with Gasteiger partial charge in [-0.25, -0.2) is 4.98 Å². The van der Waals surface area contributed by atoms with Gasteiger partial charge in [0.05, 0.1) is 6.54 Å². The molecular weight excluding hydrogens is 340 g/mol. The van der Waals surface area contributed by atoms with Gasteiger partial charge in [-0.05, 0) is 37.0 Å². The fourth-order valence-electron chi connectivity index (χ4n) is 3.38. The van der Waals surface area contributed by atoms with Crippen molar-refractivity contribution in [1.82, 2.24) is 14.8 Å². The summed E-state index contributed by atoms with van der Waals surface area (Å²) in [6.07, 6.45) is 1.45. The molecule has 1 amide bonds. The number of hydrogen-bond donors (Lipinski definition) is 1. The molecule has 0 radical (unpaired) electrons. The average molecular weight is 370 g/mol. The molecule has 0 aliphatic carbocycles. The summed E-state index contributed by atoms with van der Waals surface area (Å²) in [6.45, 7) is 14.4. The second kappa shape index (κ2) is 8.67. The molecule has 3 rings (SSSR count). The molecule has 6 nitrogen and oxygen atoms in total. The van der Waals surface area contributed by atoms with Crippen molar-refractivity contribution in [3.63, 3.8) is 0 Å². The summed E-state index contributed by atoms with van der Waals surface area (Å²) >= 11 is 0. The highest BCUT2D eigenvalue weighted by Gasteiger charge is 2.20. The smallest absolute Gasteiger partial charge is 0.277 e. The average Bonchev–Trinajstić information content (AvgIpc) is 3.08. The lowest BCUT2D eigenvalue weighted by Crippen LogP contribution is -2.46. The molecule has 6 heteroatoms. The highest BCUT2D eigenvalue weighted by atomic mass is 16.3. The molecule has 27 heavy (non-hydrogen) atoms. The van der Waals surface area contributed by atoms with Crippen molar-refractivity contribution in [2.45, 2.75) is 34.2 Å². The lowest BCUT2D eigenvalue weighted by Gasteiger charge is -2.34. The summed E-state index contributed by atoms with van der Waals surface area (Å²) in [7, 11) is 0. The summed E-state index contributed by atoms with van der Waals surface area (Å²) in [6, 6.07) is 5.99. The monoisotopic (exact) mass is 370 g/mol. The van der Waals surface area contributed by atoms with E-state index in [-0.39, 0.29) is 5.91 Å². The number of nitrogens with one attached hydrogen (secondary N) is 1. The Balaban J connectivity index is 1.54. The normalized spacial score (nSPS) is 16.0. The zero-order chi connectivity index (χ0) is 19.4. The molecule has 1 aliphatic rings. The van der Waals surface area contributed by atoms with Crippen LogP contribution in [-0.4, -0.2) is 53.4 Å². The second-order valence-corrected chi connectivity index (χ2v) is 7.87. The molecule has 1 aromatic carbocycles. The third kappa shape index (κ3) is 5.40. The number of aromatic nitrogens is 1. The molecule has 146 valence electrons. The van der Waals surface area contributed by atoms with E-state index in [0.29, 0.717) is 24.0 Å². The van der Waals surface area contributed by atoms with Crippen LogP contribution in [0.1, 0.15) is 41.4 Å². The van der Waals surface area contributed by atoms with Crippen LogP contribution in [0.4, 0.5) is 5.69 Å². The van der Waals surface area contributed by atoms with Gasteiger partial charge in [-0.3, -0.25) is 9.69 Å². The first-order chi connectivity index (χ1) is 12.9. The van der Waals surface area contributed by atoms with Gasteiger partial charge >= 0.3 is 0 Å². The van der Waals surface area contributed by atoms with Gasteiger partial charge in [0, 0.05) is 38.4 Å². The Morgan fingerprint density at radius 3 is 2.59 bits per heavy atom. The molecule has 0 spiro atoms. The minimum Gasteiger partial charge on any atom is -0.447 e. The zero-order valence-electron chi connectivity index (χ0n) is 16.8. The van der Waals surface area contributed by atoms with Crippen LogP contribution in [-0.2, 0) is 6.54 Å². The minimum absolute atomic E-state index is 0.236. The van der Waals surface area contributed by atoms with Crippen molar-refractivity contribution in [3.8, 4) is 0 Å². The quantitative estimate of drug-likeness (QED) is 0.845. The van der Waals surface area contributed by atoms with E-state index in [4.69, 9.17) is 4.42 Å². The molecule has 1 aromatic heterocycles. The molecule has 0 atom stereocenters. The van der Waals surface area contributed by atoms with E-state index in [1.165, 1.54) is 6.26 Å². The molecule has 1 saturated heterocycles. The molecule has 1 N–H and O–H groups in total. The number of amides is 1. The first-order valence-electron chi connectivity index (χ1n) is 9.68. The third-order valence-electron chi connectivity index (χ3n) is 4.87. The van der Waals surface area contributed by atoms with Gasteiger partial charge in [0.15, 0.2) is 5.69 Å². The SMILES string of the molecule is Cc1ccc(C)c(NC(=O)c2coc(CN3CCN(CC(C)C)CC3)n2)c1. The Bertz CT molecular complexity index is 776. The summed E-state index contributed by atoms with van der Waals surface area (Å²) in [5, 5.41) is 2.93. The van der Waals surface area contributed by atoms with E-state index in [0.717, 1.165) is 49.5 Å². The molecule has 2 heterocycles. The van der Waals surface area contributed by atoms with E-state index < -0.39 is 0 Å². The third-order valence-corrected chi connectivity index (χ3v) is 4.87. The van der Waals surface area contributed by atoms with Crippen LogP contribution < -0.4 is 5.32 Å². The molecule has 0 unspecified atom stereocenters. The highest BCUT2D eigenvalue weighted by molar-refractivity contribution is 6.03. The highest BCUT2D eigenvalue weighted by Crippen LogP contribution is 2.18. The van der Waals surface area contributed by atoms with Gasteiger partial charge in [0.2, 0.25) is 5.89 Å². The predicted octanol–water partition coefficient (Wildman–Crippen LogP) is 3.32. The van der Waals surface area contributed by atoms with Gasteiger partial charge in [0.1, 0.15) is 6.26 Å². The van der Waals surface area contributed by atoms with Crippen LogP contribution >= 0.6 is 0 Å². The van der Waals surface area contributed by atoms with Crippen LogP contribution in [0, 0.1) is 19.8 Å². The topological polar surface area (TPSA) is 61.6 Å². The number of rotatable bonds is 6. The van der Waals surface area contributed by atoms with Crippen LogP contribution in [0.2, 0.25) is 0 Å². The fourth-order valence-corrected chi connectivity index (χ4v) is 3.38. The van der Waals surface area contributed by atoms with Crippen molar-refractivity contribution >= 4 is 11.6 Å². The summed E-state index contributed by atoms with van der Waals surface area (Å²) in [5.41, 5.74) is 3.26. The van der Waals surface area contributed by atoms with Crippen molar-refractivity contribution in [2.24, 2.45) is 5.92 Å². The Hall–Kier alpha value is -2.18. The van der Waals surface area contributed by atoms with E-state index >= 15 is 0 Å². The maximum atomic E-state index is 12.5. The lowest BCUT2D eigenvalue weighted by molar-refractivity contribution is 0.102. The molecular formula is C21H30N4O2. The van der Waals surface area contributed by atoms with Gasteiger partial charge in [-0.15, -0.1) is 0 Å². The lowest BCUT2D eigenvalue weighted by atomic mass is 10.1. The van der Waals surface area contributed by atoms with E-state index in [1.54, 1.807) is 0 Å². The molecule has 2 aromatic rings. The van der Waals surface area contributed by atoms with Crippen molar-refractivity contribution in [1.29, 1.82) is 0 Å². The maximum Gasteiger partial charge on any atom is 0.277 e. The van der Waals surface area contributed by atoms with E-state index in [9.17, 15) is 4.79 Å². The van der Waals surface area contributed by atoms with Crippen LogP contribution in [0.5, 0.6) is 0 Å². The van der Waals surface area contributed by atoms with Crippen molar-refractivity contribution in [3.05, 3.63) is 47.2 Å². The standard InChI is InChI=1S/C21H30N4O2/c1-15(2)12-24-7-9-25(10-8-24)13-20-22-19(14-27-20)21(26)23-18-11-16(3)5-6-17(18)4/h5-6,11,14-15H,7-10,12-13H2,1-4H3,(H,23,26). The first-order valence-corrected chi connectivity index (χ1v) is 9.68. The number of carbonyl (C=O) groups is 1. The van der Waals surface area contributed by atoms with Crippen molar-refractivity contribution < 1.29 is 9.21 Å². The molecule has 0 bridgehead atoms. The van der Waals surface area contributed by atoms with E-state index in [1.807, 2.05) is 32.0 Å². The molecule has 1 fully saturated rings.